The number of hydrogen-bond acceptors (Lipinski definition) is 2. The van der Waals surface area contributed by atoms with E-state index < -0.39 is 29.2 Å². The second kappa shape index (κ2) is 4.39. The first-order valence-corrected chi connectivity index (χ1v) is 5.77. The maximum atomic E-state index is 13.8. The molecule has 1 aliphatic rings. The second-order valence-corrected chi connectivity index (χ2v) is 5.28. The number of amides is 1. The molecule has 1 N–H and O–H groups in total. The lowest BCUT2D eigenvalue weighted by atomic mass is 9.80. The van der Waals surface area contributed by atoms with E-state index in [-0.39, 0.29) is 17.2 Å². The predicted molar refractivity (Wildman–Crippen MR) is 62.4 cm³/mol. The normalized spacial score (nSPS) is 22.3. The molecule has 18 heavy (non-hydrogen) atoms. The molecular weight excluding hydrogens is 264 g/mol. The van der Waals surface area contributed by atoms with E-state index in [4.69, 9.17) is 16.3 Å². The molecule has 1 saturated heterocycles. The molecule has 0 bridgehead atoms. The second-order valence-electron chi connectivity index (χ2n) is 4.90. The van der Waals surface area contributed by atoms with E-state index in [9.17, 15) is 13.6 Å². The van der Waals surface area contributed by atoms with Crippen LogP contribution in [0.1, 0.15) is 25.5 Å². The Labute approximate surface area is 108 Å². The van der Waals surface area contributed by atoms with Gasteiger partial charge in [0.05, 0.1) is 11.1 Å². The van der Waals surface area contributed by atoms with Crippen LogP contribution in [0.15, 0.2) is 12.1 Å². The highest BCUT2D eigenvalue weighted by Gasteiger charge is 2.40. The van der Waals surface area contributed by atoms with Gasteiger partial charge in [0.1, 0.15) is 18.2 Å². The zero-order chi connectivity index (χ0) is 13.5. The molecule has 2 rings (SSSR count). The molecule has 0 radical (unpaired) electrons. The van der Waals surface area contributed by atoms with Gasteiger partial charge in [-0.2, -0.15) is 0 Å². The maximum Gasteiger partial charge on any atom is 0.407 e. The predicted octanol–water partition coefficient (Wildman–Crippen LogP) is 3.43. The number of benzene rings is 1. The summed E-state index contributed by atoms with van der Waals surface area (Å²) in [6.45, 7) is 3.66. The SMILES string of the molecule is CC1(C)COC(=O)N[C@@H]1c1c(F)ccc(F)c1Cl. The van der Waals surface area contributed by atoms with Crippen LogP contribution >= 0.6 is 11.6 Å². The van der Waals surface area contributed by atoms with Gasteiger partial charge < -0.3 is 10.1 Å². The Morgan fingerprint density at radius 2 is 2.00 bits per heavy atom. The number of rotatable bonds is 1. The summed E-state index contributed by atoms with van der Waals surface area (Å²) >= 11 is 5.80. The molecule has 0 spiro atoms. The Balaban J connectivity index is 2.52. The molecule has 1 aliphatic heterocycles. The monoisotopic (exact) mass is 275 g/mol. The van der Waals surface area contributed by atoms with Crippen molar-refractivity contribution in [3.05, 3.63) is 34.4 Å². The van der Waals surface area contributed by atoms with Gasteiger partial charge in [-0.3, -0.25) is 0 Å². The average molecular weight is 276 g/mol. The number of hydrogen-bond donors (Lipinski definition) is 1. The van der Waals surface area contributed by atoms with E-state index in [1.54, 1.807) is 13.8 Å². The lowest BCUT2D eigenvalue weighted by Crippen LogP contribution is -2.47. The number of nitrogens with one attached hydrogen (secondary N) is 1. The van der Waals surface area contributed by atoms with Crippen molar-refractivity contribution in [2.24, 2.45) is 5.41 Å². The molecule has 0 aliphatic carbocycles. The third-order valence-corrected chi connectivity index (χ3v) is 3.37. The van der Waals surface area contributed by atoms with Crippen molar-refractivity contribution in [2.75, 3.05) is 6.61 Å². The van der Waals surface area contributed by atoms with Crippen LogP contribution in [0.2, 0.25) is 5.02 Å². The molecule has 1 fully saturated rings. The van der Waals surface area contributed by atoms with Crippen LogP contribution in [-0.4, -0.2) is 12.7 Å². The van der Waals surface area contributed by atoms with Gasteiger partial charge in [0.2, 0.25) is 0 Å². The highest BCUT2D eigenvalue weighted by atomic mass is 35.5. The topological polar surface area (TPSA) is 38.3 Å². The third kappa shape index (κ3) is 2.14. The van der Waals surface area contributed by atoms with Gasteiger partial charge in [0.15, 0.2) is 0 Å². The zero-order valence-electron chi connectivity index (χ0n) is 9.89. The van der Waals surface area contributed by atoms with Crippen molar-refractivity contribution in [2.45, 2.75) is 19.9 Å². The van der Waals surface area contributed by atoms with Gasteiger partial charge in [-0.05, 0) is 12.1 Å². The minimum absolute atomic E-state index is 0.0432. The first-order chi connectivity index (χ1) is 8.33. The number of halogens is 3. The van der Waals surface area contributed by atoms with Gasteiger partial charge in [-0.1, -0.05) is 25.4 Å². The molecule has 1 aromatic rings. The van der Waals surface area contributed by atoms with Crippen molar-refractivity contribution in [3.8, 4) is 0 Å². The summed E-state index contributed by atoms with van der Waals surface area (Å²) < 4.78 is 32.1. The smallest absolute Gasteiger partial charge is 0.407 e. The van der Waals surface area contributed by atoms with Crippen LogP contribution in [0, 0.1) is 17.0 Å². The summed E-state index contributed by atoms with van der Waals surface area (Å²) in [7, 11) is 0. The van der Waals surface area contributed by atoms with E-state index >= 15 is 0 Å². The van der Waals surface area contributed by atoms with E-state index in [1.807, 2.05) is 0 Å². The fourth-order valence-corrected chi connectivity index (χ4v) is 2.22. The van der Waals surface area contributed by atoms with Crippen LogP contribution in [0.5, 0.6) is 0 Å². The Kier molecular flexibility index (Phi) is 3.19. The number of cyclic esters (lactones) is 1. The Morgan fingerprint density at radius 1 is 1.39 bits per heavy atom. The Morgan fingerprint density at radius 3 is 2.67 bits per heavy atom. The molecule has 6 heteroatoms. The molecule has 98 valence electrons. The molecule has 0 unspecified atom stereocenters. The fraction of sp³-hybridized carbons (Fsp3) is 0.417. The summed E-state index contributed by atoms with van der Waals surface area (Å²) in [6, 6.07) is 1.21. The minimum Gasteiger partial charge on any atom is -0.449 e. The first-order valence-electron chi connectivity index (χ1n) is 5.39. The molecule has 1 atom stereocenters. The first kappa shape index (κ1) is 13.1. The summed E-state index contributed by atoms with van der Waals surface area (Å²) in [4.78, 5) is 11.2. The molecule has 0 saturated carbocycles. The molecule has 0 aromatic heterocycles. The van der Waals surface area contributed by atoms with Crippen molar-refractivity contribution in [3.63, 3.8) is 0 Å². The van der Waals surface area contributed by atoms with Crippen molar-refractivity contribution in [1.29, 1.82) is 0 Å². The van der Waals surface area contributed by atoms with Crippen LogP contribution in [0.3, 0.4) is 0 Å². The number of alkyl carbamates (subject to hydrolysis) is 1. The molecule has 1 amide bonds. The quantitative estimate of drug-likeness (QED) is 0.798. The molecule has 1 heterocycles. The molecule has 3 nitrogen and oxygen atoms in total. The van der Waals surface area contributed by atoms with Gasteiger partial charge in [0, 0.05) is 11.0 Å². The van der Waals surface area contributed by atoms with Gasteiger partial charge in [-0.15, -0.1) is 0 Å². The highest BCUT2D eigenvalue weighted by molar-refractivity contribution is 6.31. The maximum absolute atomic E-state index is 13.8. The van der Waals surface area contributed by atoms with Crippen LogP contribution < -0.4 is 5.32 Å². The minimum atomic E-state index is -0.734. The lowest BCUT2D eigenvalue weighted by Gasteiger charge is -2.38. The van der Waals surface area contributed by atoms with Crippen molar-refractivity contribution >= 4 is 17.7 Å². The summed E-state index contributed by atoms with van der Waals surface area (Å²) in [6.07, 6.45) is -0.668. The van der Waals surface area contributed by atoms with Crippen LogP contribution in [0.25, 0.3) is 0 Å². The van der Waals surface area contributed by atoms with Crippen LogP contribution in [0.4, 0.5) is 13.6 Å². The fourth-order valence-electron chi connectivity index (χ4n) is 1.96. The average Bonchev–Trinajstić information content (AvgIpc) is 2.29. The van der Waals surface area contributed by atoms with E-state index in [0.717, 1.165) is 12.1 Å². The van der Waals surface area contributed by atoms with E-state index in [0.29, 0.717) is 0 Å². The largest absolute Gasteiger partial charge is 0.449 e. The summed E-state index contributed by atoms with van der Waals surface area (Å²) in [5.74, 6) is -1.37. The van der Waals surface area contributed by atoms with Gasteiger partial charge in [-0.25, -0.2) is 13.6 Å². The standard InChI is InChI=1S/C12H12ClF2NO2/c1-12(2)5-18-11(17)16-10(12)8-6(14)3-4-7(15)9(8)13/h3-4,10H,5H2,1-2H3,(H,16,17)/t10-/m1/s1. The molecule has 1 aromatic carbocycles. The number of carbonyl (C=O) groups is 1. The van der Waals surface area contributed by atoms with E-state index in [2.05, 4.69) is 5.32 Å². The zero-order valence-corrected chi connectivity index (χ0v) is 10.6. The Bertz CT molecular complexity index is 505. The van der Waals surface area contributed by atoms with Crippen LogP contribution in [-0.2, 0) is 4.74 Å². The number of ether oxygens (including phenoxy) is 1. The van der Waals surface area contributed by atoms with Gasteiger partial charge in [0.25, 0.3) is 0 Å². The number of carbonyl (C=O) groups excluding carboxylic acids is 1. The van der Waals surface area contributed by atoms with Crippen molar-refractivity contribution in [1.82, 2.24) is 5.32 Å². The van der Waals surface area contributed by atoms with E-state index in [1.165, 1.54) is 0 Å². The third-order valence-electron chi connectivity index (χ3n) is 2.99. The highest BCUT2D eigenvalue weighted by Crippen LogP contribution is 2.41. The van der Waals surface area contributed by atoms with Crippen molar-refractivity contribution < 1.29 is 18.3 Å². The lowest BCUT2D eigenvalue weighted by molar-refractivity contribution is 0.0377. The summed E-state index contributed by atoms with van der Waals surface area (Å²) in [5.41, 5.74) is -0.634. The van der Waals surface area contributed by atoms with Gasteiger partial charge >= 0.3 is 6.09 Å². The summed E-state index contributed by atoms with van der Waals surface area (Å²) in [5, 5.41) is 2.17. The Hall–Kier alpha value is -1.36. The molecular formula is C12H12ClF2NO2.